The molecule has 2 atom stereocenters. The predicted octanol–water partition coefficient (Wildman–Crippen LogP) is 2.62. The van der Waals surface area contributed by atoms with Crippen LogP contribution in [0.2, 0.25) is 0 Å². The third kappa shape index (κ3) is 3.44. The zero-order valence-corrected chi connectivity index (χ0v) is 13.0. The number of carbonyl (C=O) groups excluding carboxylic acids is 1. The van der Waals surface area contributed by atoms with Crippen LogP contribution < -0.4 is 11.1 Å². The van der Waals surface area contributed by atoms with Gasteiger partial charge >= 0.3 is 0 Å². The third-order valence-electron chi connectivity index (χ3n) is 4.94. The molecule has 0 aliphatic heterocycles. The molecule has 0 saturated heterocycles. The largest absolute Gasteiger partial charge is 0.409 e. The van der Waals surface area contributed by atoms with Crippen molar-refractivity contribution in [1.29, 1.82) is 0 Å². The van der Waals surface area contributed by atoms with Gasteiger partial charge in [0.1, 0.15) is 5.41 Å². The average Bonchev–Trinajstić information content (AvgIpc) is 2.48. The van der Waals surface area contributed by atoms with Gasteiger partial charge in [0.25, 0.3) is 0 Å². The van der Waals surface area contributed by atoms with E-state index in [0.29, 0.717) is 18.8 Å². The molecule has 0 spiro atoms. The number of oxime groups is 1. The lowest BCUT2D eigenvalue weighted by molar-refractivity contribution is -0.129. The SMILES string of the molecule is CCC1CCCC(NC(=O)C(CC)(CC)C(N)=NO)C1. The highest BCUT2D eigenvalue weighted by atomic mass is 16.4. The van der Waals surface area contributed by atoms with Crippen molar-refractivity contribution in [3.8, 4) is 0 Å². The summed E-state index contributed by atoms with van der Waals surface area (Å²) >= 11 is 0. The molecule has 0 aromatic rings. The van der Waals surface area contributed by atoms with Crippen molar-refractivity contribution in [3.63, 3.8) is 0 Å². The second-order valence-corrected chi connectivity index (χ2v) is 5.89. The summed E-state index contributed by atoms with van der Waals surface area (Å²) in [5.74, 6) is 0.623. The lowest BCUT2D eigenvalue weighted by atomic mass is 9.78. The average molecular weight is 283 g/mol. The maximum absolute atomic E-state index is 12.6. The van der Waals surface area contributed by atoms with Crippen LogP contribution in [0.5, 0.6) is 0 Å². The molecule has 2 unspecified atom stereocenters. The topological polar surface area (TPSA) is 87.7 Å². The Kier molecular flexibility index (Phi) is 6.30. The first-order chi connectivity index (χ1) is 9.53. The van der Waals surface area contributed by atoms with Gasteiger partial charge in [0, 0.05) is 6.04 Å². The molecule has 0 radical (unpaired) electrons. The highest BCUT2D eigenvalue weighted by Crippen LogP contribution is 2.30. The van der Waals surface area contributed by atoms with Crippen molar-refractivity contribution < 1.29 is 10.0 Å². The molecule has 0 aromatic carbocycles. The predicted molar refractivity (Wildman–Crippen MR) is 80.6 cm³/mol. The fraction of sp³-hybridized carbons (Fsp3) is 0.867. The van der Waals surface area contributed by atoms with Gasteiger partial charge in [-0.3, -0.25) is 4.79 Å². The maximum Gasteiger partial charge on any atom is 0.234 e. The van der Waals surface area contributed by atoms with Gasteiger partial charge in [-0.05, 0) is 31.6 Å². The van der Waals surface area contributed by atoms with Gasteiger partial charge < -0.3 is 16.3 Å². The van der Waals surface area contributed by atoms with E-state index in [4.69, 9.17) is 10.9 Å². The van der Waals surface area contributed by atoms with Crippen LogP contribution in [0.1, 0.15) is 65.7 Å². The monoisotopic (exact) mass is 283 g/mol. The number of nitrogens with one attached hydrogen (secondary N) is 1. The van der Waals surface area contributed by atoms with Crippen molar-refractivity contribution in [2.24, 2.45) is 22.2 Å². The van der Waals surface area contributed by atoms with Gasteiger partial charge in [-0.1, -0.05) is 45.2 Å². The Morgan fingerprint density at radius 3 is 2.50 bits per heavy atom. The summed E-state index contributed by atoms with van der Waals surface area (Å²) in [4.78, 5) is 12.6. The van der Waals surface area contributed by atoms with Crippen LogP contribution in [0.25, 0.3) is 0 Å². The summed E-state index contributed by atoms with van der Waals surface area (Å²) in [5.41, 5.74) is 4.89. The van der Waals surface area contributed by atoms with Gasteiger partial charge in [-0.15, -0.1) is 0 Å². The van der Waals surface area contributed by atoms with Crippen LogP contribution in [0, 0.1) is 11.3 Å². The quantitative estimate of drug-likeness (QED) is 0.303. The standard InChI is InChI=1S/C15H29N3O2/c1-4-11-8-7-9-12(10-11)17-14(19)15(5-2,6-3)13(16)18-20/h11-12,20H,4-10H2,1-3H3,(H2,16,18)(H,17,19). The van der Waals surface area contributed by atoms with Crippen molar-refractivity contribution in [2.75, 3.05) is 0 Å². The van der Waals surface area contributed by atoms with Gasteiger partial charge in [0.05, 0.1) is 0 Å². The highest BCUT2D eigenvalue weighted by molar-refractivity contribution is 6.06. The molecule has 0 bridgehead atoms. The third-order valence-corrected chi connectivity index (χ3v) is 4.94. The summed E-state index contributed by atoms with van der Waals surface area (Å²) in [6.07, 6.45) is 6.74. The molecule has 0 aromatic heterocycles. The molecule has 116 valence electrons. The number of nitrogens with zero attached hydrogens (tertiary/aromatic N) is 1. The van der Waals surface area contributed by atoms with Crippen molar-refractivity contribution in [3.05, 3.63) is 0 Å². The van der Waals surface area contributed by atoms with Crippen LogP contribution in [0.15, 0.2) is 5.16 Å². The second kappa shape index (κ2) is 7.50. The fourth-order valence-corrected chi connectivity index (χ4v) is 3.26. The first kappa shape index (κ1) is 16.8. The normalized spacial score (nSPS) is 24.4. The highest BCUT2D eigenvalue weighted by Gasteiger charge is 2.40. The van der Waals surface area contributed by atoms with Crippen LogP contribution in [0.4, 0.5) is 0 Å². The zero-order chi connectivity index (χ0) is 15.2. The molecule has 1 fully saturated rings. The van der Waals surface area contributed by atoms with Crippen LogP contribution in [-0.4, -0.2) is 23.0 Å². The van der Waals surface area contributed by atoms with Crippen molar-refractivity contribution in [2.45, 2.75) is 71.8 Å². The minimum atomic E-state index is -0.881. The second-order valence-electron chi connectivity index (χ2n) is 5.89. The van der Waals surface area contributed by atoms with Gasteiger partial charge in [-0.2, -0.15) is 0 Å². The van der Waals surface area contributed by atoms with Crippen molar-refractivity contribution in [1.82, 2.24) is 5.32 Å². The number of amides is 1. The Hall–Kier alpha value is -1.26. The van der Waals surface area contributed by atoms with E-state index in [1.165, 1.54) is 12.8 Å². The molecule has 1 rings (SSSR count). The van der Waals surface area contributed by atoms with E-state index in [2.05, 4.69) is 17.4 Å². The summed E-state index contributed by atoms with van der Waals surface area (Å²) in [6.45, 7) is 6.00. The number of nitrogens with two attached hydrogens (primary N) is 1. The Labute approximate surface area is 122 Å². The van der Waals surface area contributed by atoms with Crippen LogP contribution in [-0.2, 0) is 4.79 Å². The van der Waals surface area contributed by atoms with Gasteiger partial charge in [0.2, 0.25) is 5.91 Å². The number of hydrogen-bond donors (Lipinski definition) is 3. The Morgan fingerprint density at radius 1 is 1.35 bits per heavy atom. The van der Waals surface area contributed by atoms with Gasteiger partial charge in [-0.25, -0.2) is 0 Å². The van der Waals surface area contributed by atoms with E-state index in [1.807, 2.05) is 13.8 Å². The Morgan fingerprint density at radius 2 is 2.00 bits per heavy atom. The van der Waals surface area contributed by atoms with E-state index >= 15 is 0 Å². The molecule has 5 nitrogen and oxygen atoms in total. The van der Waals surface area contributed by atoms with Crippen molar-refractivity contribution >= 4 is 11.7 Å². The Balaban J connectivity index is 2.76. The first-order valence-electron chi connectivity index (χ1n) is 7.82. The molecule has 0 heterocycles. The number of hydrogen-bond acceptors (Lipinski definition) is 3. The van der Waals surface area contributed by atoms with Crippen LogP contribution in [0.3, 0.4) is 0 Å². The zero-order valence-electron chi connectivity index (χ0n) is 13.0. The smallest absolute Gasteiger partial charge is 0.234 e. The van der Waals surface area contributed by atoms with E-state index in [9.17, 15) is 4.79 Å². The number of amidine groups is 1. The van der Waals surface area contributed by atoms with Crippen LogP contribution >= 0.6 is 0 Å². The fourth-order valence-electron chi connectivity index (χ4n) is 3.26. The molecule has 1 aliphatic carbocycles. The van der Waals surface area contributed by atoms with Gasteiger partial charge in [0.15, 0.2) is 5.84 Å². The minimum absolute atomic E-state index is 0.0165. The number of rotatable bonds is 6. The van der Waals surface area contributed by atoms with E-state index in [1.54, 1.807) is 0 Å². The molecular weight excluding hydrogens is 254 g/mol. The summed E-state index contributed by atoms with van der Waals surface area (Å²) in [6, 6.07) is 0.227. The maximum atomic E-state index is 12.6. The lowest BCUT2D eigenvalue weighted by Gasteiger charge is -2.34. The summed E-state index contributed by atoms with van der Waals surface area (Å²) in [7, 11) is 0. The van der Waals surface area contributed by atoms with E-state index in [-0.39, 0.29) is 17.8 Å². The molecule has 5 heteroatoms. The Bertz CT molecular complexity index is 351. The summed E-state index contributed by atoms with van der Waals surface area (Å²) in [5, 5.41) is 15.2. The lowest BCUT2D eigenvalue weighted by Crippen LogP contribution is -2.52. The van der Waals surface area contributed by atoms with E-state index < -0.39 is 5.41 Å². The molecule has 4 N–H and O–H groups in total. The molecule has 1 aliphatic rings. The number of carbonyl (C=O) groups is 1. The molecule has 1 amide bonds. The minimum Gasteiger partial charge on any atom is -0.409 e. The molecule has 20 heavy (non-hydrogen) atoms. The van der Waals surface area contributed by atoms with E-state index in [0.717, 1.165) is 19.3 Å². The molecular formula is C15H29N3O2. The summed E-state index contributed by atoms with van der Waals surface area (Å²) < 4.78 is 0. The first-order valence-corrected chi connectivity index (χ1v) is 7.82. The molecule has 1 saturated carbocycles.